The summed E-state index contributed by atoms with van der Waals surface area (Å²) in [7, 11) is 0.255. The summed E-state index contributed by atoms with van der Waals surface area (Å²) >= 11 is 0. The lowest BCUT2D eigenvalue weighted by Gasteiger charge is -2.12. The molecule has 7 nitrogen and oxygen atoms in total. The average Bonchev–Trinajstić information content (AvgIpc) is 2.78. The summed E-state index contributed by atoms with van der Waals surface area (Å²) in [5.41, 5.74) is 1.61. The second-order valence-corrected chi connectivity index (χ2v) is 9.16. The van der Waals surface area contributed by atoms with Crippen LogP contribution >= 0.6 is 0 Å². The molecule has 0 heterocycles. The minimum Gasteiger partial charge on any atom is -0.492 e. The molecule has 0 fully saturated rings. The molecule has 0 unspecified atom stereocenters. The number of rotatable bonds is 10. The number of carbonyl (C=O) groups is 1. The number of benzene rings is 3. The zero-order valence-corrected chi connectivity index (χ0v) is 18.9. The van der Waals surface area contributed by atoms with Gasteiger partial charge in [-0.1, -0.05) is 36.4 Å². The van der Waals surface area contributed by atoms with Crippen molar-refractivity contribution < 1.29 is 17.9 Å². The van der Waals surface area contributed by atoms with Crippen molar-refractivity contribution in [1.82, 2.24) is 10.2 Å². The minimum atomic E-state index is -3.72. The van der Waals surface area contributed by atoms with Gasteiger partial charge in [-0.25, -0.2) is 8.42 Å². The largest absolute Gasteiger partial charge is 0.492 e. The molecule has 1 amide bonds. The van der Waals surface area contributed by atoms with E-state index in [9.17, 15) is 13.2 Å². The highest BCUT2D eigenvalue weighted by atomic mass is 32.2. The molecule has 0 aliphatic carbocycles. The van der Waals surface area contributed by atoms with Crippen molar-refractivity contribution in [3.63, 3.8) is 0 Å². The van der Waals surface area contributed by atoms with Crippen molar-refractivity contribution in [2.45, 2.75) is 11.4 Å². The van der Waals surface area contributed by atoms with E-state index in [-0.39, 0.29) is 10.8 Å². The predicted molar refractivity (Wildman–Crippen MR) is 125 cm³/mol. The van der Waals surface area contributed by atoms with Gasteiger partial charge in [-0.15, -0.1) is 0 Å². The SMILES string of the molecule is CN(C)CCOc1ccc(CNC(=O)c2cccc(NS(=O)(=O)c3ccccc3)c2)cc1. The molecular weight excluding hydrogens is 426 g/mol. The quantitative estimate of drug-likeness (QED) is 0.492. The Morgan fingerprint density at radius 2 is 1.66 bits per heavy atom. The van der Waals surface area contributed by atoms with Gasteiger partial charge in [0, 0.05) is 24.3 Å². The van der Waals surface area contributed by atoms with E-state index in [0.717, 1.165) is 17.9 Å². The third-order valence-electron chi connectivity index (χ3n) is 4.61. The molecule has 3 aromatic carbocycles. The topological polar surface area (TPSA) is 87.7 Å². The van der Waals surface area contributed by atoms with Crippen molar-refractivity contribution in [2.24, 2.45) is 0 Å². The number of ether oxygens (including phenoxy) is 1. The zero-order chi connectivity index (χ0) is 23.0. The standard InChI is InChI=1S/C24H27N3O4S/c1-27(2)15-16-31-22-13-11-19(12-14-22)18-25-24(28)20-7-6-8-21(17-20)26-32(29,30)23-9-4-3-5-10-23/h3-14,17,26H,15-16,18H2,1-2H3,(H,25,28). The highest BCUT2D eigenvalue weighted by molar-refractivity contribution is 7.92. The highest BCUT2D eigenvalue weighted by Crippen LogP contribution is 2.17. The van der Waals surface area contributed by atoms with Gasteiger partial charge >= 0.3 is 0 Å². The van der Waals surface area contributed by atoms with Gasteiger partial charge in [0.25, 0.3) is 15.9 Å². The van der Waals surface area contributed by atoms with Crippen LogP contribution in [0.1, 0.15) is 15.9 Å². The molecule has 3 rings (SSSR count). The molecule has 0 aliphatic rings. The second kappa shape index (κ2) is 10.8. The average molecular weight is 454 g/mol. The van der Waals surface area contributed by atoms with E-state index in [2.05, 4.69) is 10.0 Å². The number of carbonyl (C=O) groups excluding carboxylic acids is 1. The Hall–Kier alpha value is -3.36. The molecule has 0 spiro atoms. The summed E-state index contributed by atoms with van der Waals surface area (Å²) in [5, 5.41) is 2.85. The van der Waals surface area contributed by atoms with Crippen LogP contribution in [0.15, 0.2) is 83.8 Å². The fourth-order valence-electron chi connectivity index (χ4n) is 2.87. The van der Waals surface area contributed by atoms with Crippen molar-refractivity contribution in [1.29, 1.82) is 0 Å². The molecule has 32 heavy (non-hydrogen) atoms. The first-order chi connectivity index (χ1) is 15.3. The number of anilines is 1. The Morgan fingerprint density at radius 1 is 0.938 bits per heavy atom. The normalized spacial score (nSPS) is 11.2. The van der Waals surface area contributed by atoms with Crippen molar-refractivity contribution >= 4 is 21.6 Å². The lowest BCUT2D eigenvalue weighted by Crippen LogP contribution is -2.23. The Bertz CT molecular complexity index is 1130. The Kier molecular flexibility index (Phi) is 7.86. The highest BCUT2D eigenvalue weighted by Gasteiger charge is 2.14. The van der Waals surface area contributed by atoms with Crippen LogP contribution in [0, 0.1) is 0 Å². The van der Waals surface area contributed by atoms with E-state index in [0.29, 0.717) is 24.4 Å². The van der Waals surface area contributed by atoms with E-state index in [1.807, 2.05) is 43.3 Å². The Balaban J connectivity index is 1.57. The molecule has 3 aromatic rings. The summed E-state index contributed by atoms with van der Waals surface area (Å²) in [6.45, 7) is 1.78. The van der Waals surface area contributed by atoms with Gasteiger partial charge < -0.3 is 15.0 Å². The molecule has 0 aliphatic heterocycles. The summed E-state index contributed by atoms with van der Waals surface area (Å²) < 4.78 is 33.2. The van der Waals surface area contributed by atoms with Crippen LogP contribution in [-0.2, 0) is 16.6 Å². The zero-order valence-electron chi connectivity index (χ0n) is 18.1. The third-order valence-corrected chi connectivity index (χ3v) is 6.01. The lowest BCUT2D eigenvalue weighted by atomic mass is 10.1. The Labute approximate surface area is 189 Å². The van der Waals surface area contributed by atoms with Crippen LogP contribution in [0.3, 0.4) is 0 Å². The molecule has 0 saturated carbocycles. The van der Waals surface area contributed by atoms with Crippen LogP contribution in [0.2, 0.25) is 0 Å². The van der Waals surface area contributed by atoms with Crippen molar-refractivity contribution in [3.05, 3.63) is 90.0 Å². The van der Waals surface area contributed by atoms with Gasteiger partial charge in [0.05, 0.1) is 4.90 Å². The van der Waals surface area contributed by atoms with E-state index >= 15 is 0 Å². The van der Waals surface area contributed by atoms with Crippen LogP contribution in [-0.4, -0.2) is 46.5 Å². The number of likely N-dealkylation sites (N-methyl/N-ethyl adjacent to an activating group) is 1. The predicted octanol–water partition coefficient (Wildman–Crippen LogP) is 3.36. The Morgan fingerprint density at radius 3 is 2.34 bits per heavy atom. The summed E-state index contributed by atoms with van der Waals surface area (Å²) in [5.74, 6) is 0.484. The molecule has 0 saturated heterocycles. The van der Waals surface area contributed by atoms with E-state index in [4.69, 9.17) is 4.74 Å². The maximum Gasteiger partial charge on any atom is 0.261 e. The van der Waals surface area contributed by atoms with Crippen LogP contribution in [0.5, 0.6) is 5.75 Å². The van der Waals surface area contributed by atoms with Crippen LogP contribution in [0.25, 0.3) is 0 Å². The lowest BCUT2D eigenvalue weighted by molar-refractivity contribution is 0.0951. The van der Waals surface area contributed by atoms with Gasteiger partial charge in [-0.2, -0.15) is 0 Å². The first-order valence-electron chi connectivity index (χ1n) is 10.2. The number of sulfonamides is 1. The smallest absolute Gasteiger partial charge is 0.261 e. The van der Waals surface area contributed by atoms with Gasteiger partial charge in [0.2, 0.25) is 0 Å². The molecule has 0 radical (unpaired) electrons. The summed E-state index contributed by atoms with van der Waals surface area (Å²) in [6.07, 6.45) is 0. The number of nitrogens with zero attached hydrogens (tertiary/aromatic N) is 1. The van der Waals surface area contributed by atoms with Crippen LogP contribution in [0.4, 0.5) is 5.69 Å². The summed E-state index contributed by atoms with van der Waals surface area (Å²) in [4.78, 5) is 14.8. The van der Waals surface area contributed by atoms with E-state index < -0.39 is 10.0 Å². The number of amides is 1. The molecule has 2 N–H and O–H groups in total. The molecule has 8 heteroatoms. The fourth-order valence-corrected chi connectivity index (χ4v) is 3.94. The van der Waals surface area contributed by atoms with Gasteiger partial charge in [0.1, 0.15) is 12.4 Å². The molecular formula is C24H27N3O4S. The molecule has 0 bridgehead atoms. The number of hydrogen-bond donors (Lipinski definition) is 2. The molecule has 0 atom stereocenters. The fraction of sp³-hybridized carbons (Fsp3) is 0.208. The molecule has 168 valence electrons. The van der Waals surface area contributed by atoms with E-state index in [1.165, 1.54) is 18.2 Å². The minimum absolute atomic E-state index is 0.156. The van der Waals surface area contributed by atoms with E-state index in [1.54, 1.807) is 36.4 Å². The van der Waals surface area contributed by atoms with Crippen molar-refractivity contribution in [2.75, 3.05) is 32.0 Å². The first-order valence-corrected chi connectivity index (χ1v) is 11.6. The maximum atomic E-state index is 12.6. The second-order valence-electron chi connectivity index (χ2n) is 7.48. The monoisotopic (exact) mass is 453 g/mol. The molecule has 0 aromatic heterocycles. The summed E-state index contributed by atoms with van der Waals surface area (Å²) in [6, 6.07) is 22.0. The number of hydrogen-bond acceptors (Lipinski definition) is 5. The third kappa shape index (κ3) is 6.83. The first kappa shape index (κ1) is 23.3. The number of nitrogens with one attached hydrogen (secondary N) is 2. The van der Waals surface area contributed by atoms with Crippen LogP contribution < -0.4 is 14.8 Å². The maximum absolute atomic E-state index is 12.6. The van der Waals surface area contributed by atoms with Gasteiger partial charge in [0.15, 0.2) is 0 Å². The van der Waals surface area contributed by atoms with Gasteiger partial charge in [-0.3, -0.25) is 9.52 Å². The van der Waals surface area contributed by atoms with Crippen molar-refractivity contribution in [3.8, 4) is 5.75 Å². The van der Waals surface area contributed by atoms with Gasteiger partial charge in [-0.05, 0) is 62.1 Å².